The van der Waals surface area contributed by atoms with Crippen LogP contribution in [-0.2, 0) is 11.4 Å². The second-order valence-electron chi connectivity index (χ2n) is 8.62. The Kier molecular flexibility index (Phi) is 9.16. The maximum absolute atomic E-state index is 13.1. The summed E-state index contributed by atoms with van der Waals surface area (Å²) < 4.78 is 24.5. The maximum Gasteiger partial charge on any atom is 0.262 e. The number of carbonyl (C=O) groups is 2. The molecular formula is C28H30FN3O4. The highest BCUT2D eigenvalue weighted by molar-refractivity contribution is 5.97. The second-order valence-corrected chi connectivity index (χ2v) is 8.62. The van der Waals surface area contributed by atoms with Crippen LogP contribution in [0.1, 0.15) is 40.9 Å². The van der Waals surface area contributed by atoms with Gasteiger partial charge in [-0.05, 0) is 66.4 Å². The van der Waals surface area contributed by atoms with Gasteiger partial charge in [0.25, 0.3) is 11.8 Å². The van der Waals surface area contributed by atoms with E-state index in [0.29, 0.717) is 23.7 Å². The molecule has 8 heteroatoms. The van der Waals surface area contributed by atoms with Gasteiger partial charge in [0, 0.05) is 5.56 Å². The van der Waals surface area contributed by atoms with Crippen molar-refractivity contribution in [1.82, 2.24) is 10.7 Å². The molecule has 188 valence electrons. The van der Waals surface area contributed by atoms with Crippen LogP contribution in [0.25, 0.3) is 0 Å². The summed E-state index contributed by atoms with van der Waals surface area (Å²) in [6, 6.07) is 17.7. The molecule has 0 aromatic heterocycles. The summed E-state index contributed by atoms with van der Waals surface area (Å²) >= 11 is 0. The fourth-order valence-corrected chi connectivity index (χ4v) is 3.45. The molecule has 0 aliphatic heterocycles. The number of benzene rings is 3. The van der Waals surface area contributed by atoms with E-state index in [9.17, 15) is 14.0 Å². The van der Waals surface area contributed by atoms with Gasteiger partial charge >= 0.3 is 0 Å². The van der Waals surface area contributed by atoms with Crippen molar-refractivity contribution in [3.05, 3.63) is 94.8 Å². The van der Waals surface area contributed by atoms with Gasteiger partial charge in [-0.2, -0.15) is 5.10 Å². The Morgan fingerprint density at radius 3 is 2.44 bits per heavy atom. The molecule has 0 heterocycles. The summed E-state index contributed by atoms with van der Waals surface area (Å²) in [6.07, 6.45) is 1.48. The van der Waals surface area contributed by atoms with Crippen LogP contribution in [0.2, 0.25) is 0 Å². The number of hydrogen-bond donors (Lipinski definition) is 2. The molecule has 0 fully saturated rings. The van der Waals surface area contributed by atoms with E-state index in [4.69, 9.17) is 9.47 Å². The Labute approximate surface area is 210 Å². The molecule has 3 aromatic rings. The van der Waals surface area contributed by atoms with Crippen molar-refractivity contribution < 1.29 is 23.5 Å². The SMILES string of the molecule is COc1cc(C=NNC(=O)C(NC(=O)c2ccc(F)cc2)C(C)C)ccc1OCc1cccc(C)c1. The molecule has 3 aromatic carbocycles. The van der Waals surface area contributed by atoms with Crippen LogP contribution in [0.4, 0.5) is 4.39 Å². The van der Waals surface area contributed by atoms with Gasteiger partial charge in [-0.25, -0.2) is 9.82 Å². The van der Waals surface area contributed by atoms with E-state index in [-0.39, 0.29) is 11.5 Å². The van der Waals surface area contributed by atoms with Gasteiger partial charge in [-0.3, -0.25) is 9.59 Å². The van der Waals surface area contributed by atoms with E-state index in [2.05, 4.69) is 21.9 Å². The first-order valence-electron chi connectivity index (χ1n) is 11.5. The Hall–Kier alpha value is -4.20. The molecule has 36 heavy (non-hydrogen) atoms. The van der Waals surface area contributed by atoms with Crippen molar-refractivity contribution in [1.29, 1.82) is 0 Å². The van der Waals surface area contributed by atoms with Crippen LogP contribution in [0.3, 0.4) is 0 Å². The lowest BCUT2D eigenvalue weighted by molar-refractivity contribution is -0.123. The summed E-state index contributed by atoms with van der Waals surface area (Å²) in [6.45, 7) is 6.04. The predicted molar refractivity (Wildman–Crippen MR) is 137 cm³/mol. The van der Waals surface area contributed by atoms with Gasteiger partial charge in [0.05, 0.1) is 13.3 Å². The molecule has 0 spiro atoms. The average molecular weight is 492 g/mol. The molecule has 1 atom stereocenters. The van der Waals surface area contributed by atoms with Gasteiger partial charge in [0.15, 0.2) is 11.5 Å². The van der Waals surface area contributed by atoms with E-state index in [1.54, 1.807) is 39.2 Å². The van der Waals surface area contributed by atoms with Gasteiger partial charge in [-0.15, -0.1) is 0 Å². The number of nitrogens with one attached hydrogen (secondary N) is 2. The number of hydrogen-bond acceptors (Lipinski definition) is 5. The smallest absolute Gasteiger partial charge is 0.262 e. The first kappa shape index (κ1) is 26.4. The van der Waals surface area contributed by atoms with E-state index < -0.39 is 23.7 Å². The number of hydrazone groups is 1. The number of halogens is 1. The van der Waals surface area contributed by atoms with Gasteiger partial charge in [0.2, 0.25) is 0 Å². The molecule has 0 saturated heterocycles. The third kappa shape index (κ3) is 7.40. The third-order valence-electron chi connectivity index (χ3n) is 5.40. The minimum atomic E-state index is -0.827. The summed E-state index contributed by atoms with van der Waals surface area (Å²) in [7, 11) is 1.55. The predicted octanol–water partition coefficient (Wildman–Crippen LogP) is 4.63. The second kappa shape index (κ2) is 12.5. The fraction of sp³-hybridized carbons (Fsp3) is 0.250. The molecule has 2 N–H and O–H groups in total. The van der Waals surface area contributed by atoms with Crippen molar-refractivity contribution in [2.24, 2.45) is 11.0 Å². The highest BCUT2D eigenvalue weighted by atomic mass is 19.1. The zero-order valence-corrected chi connectivity index (χ0v) is 20.7. The number of ether oxygens (including phenoxy) is 2. The van der Waals surface area contributed by atoms with Crippen molar-refractivity contribution in [2.45, 2.75) is 33.4 Å². The highest BCUT2D eigenvalue weighted by Crippen LogP contribution is 2.28. The summed E-state index contributed by atoms with van der Waals surface area (Å²) in [4.78, 5) is 25.1. The molecule has 0 bridgehead atoms. The molecule has 2 amide bonds. The summed E-state index contributed by atoms with van der Waals surface area (Å²) in [5.41, 5.74) is 5.62. The number of rotatable bonds is 10. The largest absolute Gasteiger partial charge is 0.493 e. The van der Waals surface area contributed by atoms with Crippen LogP contribution in [-0.4, -0.2) is 31.2 Å². The van der Waals surface area contributed by atoms with Crippen molar-refractivity contribution in [3.8, 4) is 11.5 Å². The topological polar surface area (TPSA) is 89.0 Å². The zero-order valence-electron chi connectivity index (χ0n) is 20.7. The molecule has 3 rings (SSSR count). The van der Waals surface area contributed by atoms with Gasteiger partial charge in [-0.1, -0.05) is 43.7 Å². The third-order valence-corrected chi connectivity index (χ3v) is 5.40. The van der Waals surface area contributed by atoms with Crippen LogP contribution < -0.4 is 20.2 Å². The van der Waals surface area contributed by atoms with Gasteiger partial charge < -0.3 is 14.8 Å². The molecule has 1 unspecified atom stereocenters. The monoisotopic (exact) mass is 491 g/mol. The lowest BCUT2D eigenvalue weighted by Crippen LogP contribution is -2.48. The Morgan fingerprint density at radius 1 is 1.03 bits per heavy atom. The van der Waals surface area contributed by atoms with Crippen LogP contribution >= 0.6 is 0 Å². The Balaban J connectivity index is 1.60. The number of amides is 2. The molecule has 0 aliphatic rings. The highest BCUT2D eigenvalue weighted by Gasteiger charge is 2.24. The average Bonchev–Trinajstić information content (AvgIpc) is 2.86. The quantitative estimate of drug-likeness (QED) is 0.320. The Bertz CT molecular complexity index is 1230. The number of carbonyl (C=O) groups excluding carboxylic acids is 2. The molecule has 0 radical (unpaired) electrons. The number of methoxy groups -OCH3 is 1. The normalized spacial score (nSPS) is 11.8. The van der Waals surface area contributed by atoms with E-state index in [1.807, 2.05) is 25.1 Å². The lowest BCUT2D eigenvalue weighted by atomic mass is 10.0. The molecule has 7 nitrogen and oxygen atoms in total. The number of aryl methyl sites for hydroxylation is 1. The first-order valence-corrected chi connectivity index (χ1v) is 11.5. The van der Waals surface area contributed by atoms with Crippen molar-refractivity contribution >= 4 is 18.0 Å². The summed E-state index contributed by atoms with van der Waals surface area (Å²) in [5.74, 6) is -0.468. The van der Waals surface area contributed by atoms with E-state index in [0.717, 1.165) is 11.1 Å². The number of nitrogens with zero attached hydrogens (tertiary/aromatic N) is 1. The first-order chi connectivity index (χ1) is 17.3. The standard InChI is InChI=1S/C28H30FN3O4/c1-18(2)26(31-27(33)22-9-11-23(29)12-10-22)28(34)32-30-16-20-8-13-24(25(15-20)35-4)36-17-21-7-5-6-19(3)14-21/h5-16,18,26H,17H2,1-4H3,(H,31,33)(H,32,34). The van der Waals surface area contributed by atoms with Crippen LogP contribution in [0.15, 0.2) is 71.8 Å². The van der Waals surface area contributed by atoms with Crippen LogP contribution in [0, 0.1) is 18.7 Å². The molecule has 0 aliphatic carbocycles. The van der Waals surface area contributed by atoms with Gasteiger partial charge in [0.1, 0.15) is 18.5 Å². The fourth-order valence-electron chi connectivity index (χ4n) is 3.45. The van der Waals surface area contributed by atoms with E-state index >= 15 is 0 Å². The molecular weight excluding hydrogens is 461 g/mol. The van der Waals surface area contributed by atoms with E-state index in [1.165, 1.54) is 30.5 Å². The minimum Gasteiger partial charge on any atom is -0.493 e. The molecule has 0 saturated carbocycles. The van der Waals surface area contributed by atoms with Crippen LogP contribution in [0.5, 0.6) is 11.5 Å². The maximum atomic E-state index is 13.1. The zero-order chi connectivity index (χ0) is 26.1. The minimum absolute atomic E-state index is 0.200. The van der Waals surface area contributed by atoms with Crippen molar-refractivity contribution in [2.75, 3.05) is 7.11 Å². The lowest BCUT2D eigenvalue weighted by Gasteiger charge is -2.20. The Morgan fingerprint density at radius 2 is 1.78 bits per heavy atom. The van der Waals surface area contributed by atoms with Crippen molar-refractivity contribution in [3.63, 3.8) is 0 Å². The summed E-state index contributed by atoms with van der Waals surface area (Å²) in [5, 5.41) is 6.70.